The molecular weight excluding hydrogens is 568 g/mol. The van der Waals surface area contributed by atoms with Crippen molar-refractivity contribution in [2.24, 2.45) is 0 Å². The van der Waals surface area contributed by atoms with Crippen molar-refractivity contribution in [3.05, 3.63) is 83.9 Å². The van der Waals surface area contributed by atoms with Gasteiger partial charge < -0.3 is 39.1 Å². The highest BCUT2D eigenvalue weighted by molar-refractivity contribution is 5.94. The van der Waals surface area contributed by atoms with Gasteiger partial charge in [-0.2, -0.15) is 0 Å². The van der Waals surface area contributed by atoms with Gasteiger partial charge in [-0.15, -0.1) is 0 Å². The number of carboxylic acid groups (broad SMARTS) is 2. The minimum atomic E-state index is -0.968. The highest BCUT2D eigenvalue weighted by atomic mass is 16.5. The second-order valence-corrected chi connectivity index (χ2v) is 9.38. The van der Waals surface area contributed by atoms with Crippen LogP contribution in [0.2, 0.25) is 0 Å². The Morgan fingerprint density at radius 2 is 0.932 bits per heavy atom. The summed E-state index contributed by atoms with van der Waals surface area (Å²) in [6, 6.07) is 20.5. The van der Waals surface area contributed by atoms with Crippen LogP contribution in [0.4, 0.5) is 0 Å². The zero-order chi connectivity index (χ0) is 31.4. The fraction of sp³-hybridized carbons (Fsp3) is 0.125. The smallest absolute Gasteiger partial charge is 0.335 e. The van der Waals surface area contributed by atoms with E-state index in [1.54, 1.807) is 64.8 Å². The first kappa shape index (κ1) is 29.5. The van der Waals surface area contributed by atoms with Crippen molar-refractivity contribution >= 4 is 34.0 Å². The van der Waals surface area contributed by atoms with E-state index < -0.39 is 11.9 Å². The standard InChI is InChI=1S/2C16H14N2O4/c2*1-21-13-6-4-9(8-14(13)22-2)15-17-11-5-3-10(16(19)20)7-12(11)18-15/h2*3-8H,1-2H3,(H,17,18)(H,19,20). The minimum Gasteiger partial charge on any atom is -0.493 e. The van der Waals surface area contributed by atoms with Crippen molar-refractivity contribution in [2.45, 2.75) is 0 Å². The number of aromatic nitrogens is 4. The van der Waals surface area contributed by atoms with Crippen LogP contribution >= 0.6 is 0 Å². The van der Waals surface area contributed by atoms with Crippen molar-refractivity contribution in [3.63, 3.8) is 0 Å². The van der Waals surface area contributed by atoms with Crippen molar-refractivity contribution < 1.29 is 38.7 Å². The highest BCUT2D eigenvalue weighted by Gasteiger charge is 2.13. The van der Waals surface area contributed by atoms with Gasteiger partial charge in [0.1, 0.15) is 11.6 Å². The summed E-state index contributed by atoms with van der Waals surface area (Å²) in [5.74, 6) is 1.81. The number of H-pyrrole nitrogens is 2. The maximum absolute atomic E-state index is 11.0. The molecule has 0 unspecified atom stereocenters. The number of nitrogens with zero attached hydrogens (tertiary/aromatic N) is 2. The molecule has 6 aromatic rings. The molecule has 0 aliphatic rings. The number of methoxy groups -OCH3 is 4. The first-order chi connectivity index (χ1) is 21.2. The van der Waals surface area contributed by atoms with Gasteiger partial charge in [0.2, 0.25) is 0 Å². The van der Waals surface area contributed by atoms with Crippen LogP contribution in [0.3, 0.4) is 0 Å². The third kappa shape index (κ3) is 5.95. The van der Waals surface area contributed by atoms with Crippen molar-refractivity contribution in [3.8, 4) is 45.8 Å². The fourth-order valence-electron chi connectivity index (χ4n) is 4.53. The molecule has 0 bridgehead atoms. The molecule has 0 atom stereocenters. The highest BCUT2D eigenvalue weighted by Crippen LogP contribution is 2.33. The first-order valence-electron chi connectivity index (χ1n) is 13.2. The maximum atomic E-state index is 11.0. The molecule has 4 N–H and O–H groups in total. The topological polar surface area (TPSA) is 169 Å². The summed E-state index contributed by atoms with van der Waals surface area (Å²) in [5.41, 5.74) is 4.83. The molecule has 44 heavy (non-hydrogen) atoms. The lowest BCUT2D eigenvalue weighted by molar-refractivity contribution is 0.0686. The summed E-state index contributed by atoms with van der Waals surface area (Å²) in [6.07, 6.45) is 0. The number of aromatic amines is 2. The van der Waals surface area contributed by atoms with Crippen LogP contribution in [0.5, 0.6) is 23.0 Å². The third-order valence-electron chi connectivity index (χ3n) is 6.77. The fourth-order valence-corrected chi connectivity index (χ4v) is 4.53. The molecule has 2 heterocycles. The van der Waals surface area contributed by atoms with E-state index in [2.05, 4.69) is 19.9 Å². The van der Waals surface area contributed by atoms with E-state index in [1.807, 2.05) is 24.3 Å². The van der Waals surface area contributed by atoms with E-state index >= 15 is 0 Å². The van der Waals surface area contributed by atoms with E-state index in [0.29, 0.717) is 56.7 Å². The van der Waals surface area contributed by atoms with E-state index in [4.69, 9.17) is 29.2 Å². The van der Waals surface area contributed by atoms with Crippen LogP contribution in [0.1, 0.15) is 20.7 Å². The second kappa shape index (κ2) is 12.4. The molecule has 0 aliphatic heterocycles. The Bertz CT molecular complexity index is 1850. The Labute approximate surface area is 250 Å². The van der Waals surface area contributed by atoms with Crippen molar-refractivity contribution in [1.82, 2.24) is 19.9 Å². The molecular formula is C32H28N4O8. The number of carboxylic acids is 2. The van der Waals surface area contributed by atoms with Gasteiger partial charge in [-0.25, -0.2) is 19.6 Å². The molecule has 0 spiro atoms. The van der Waals surface area contributed by atoms with Gasteiger partial charge in [0.05, 0.1) is 61.6 Å². The van der Waals surface area contributed by atoms with Crippen LogP contribution < -0.4 is 18.9 Å². The zero-order valence-electron chi connectivity index (χ0n) is 24.2. The molecule has 0 fully saturated rings. The number of hydrogen-bond acceptors (Lipinski definition) is 8. The van der Waals surface area contributed by atoms with E-state index in [0.717, 1.165) is 11.1 Å². The van der Waals surface area contributed by atoms with Crippen molar-refractivity contribution in [1.29, 1.82) is 0 Å². The summed E-state index contributed by atoms with van der Waals surface area (Å²) in [6.45, 7) is 0. The predicted molar refractivity (Wildman–Crippen MR) is 163 cm³/mol. The number of benzene rings is 4. The molecule has 12 heteroatoms. The molecule has 0 saturated carbocycles. The Balaban J connectivity index is 0.000000175. The predicted octanol–water partition coefficient (Wildman–Crippen LogP) is 5.89. The number of fused-ring (bicyclic) bond motifs is 2. The molecule has 4 aromatic carbocycles. The largest absolute Gasteiger partial charge is 0.493 e. The summed E-state index contributed by atoms with van der Waals surface area (Å²) in [5, 5.41) is 18.1. The van der Waals surface area contributed by atoms with Crippen LogP contribution in [0.25, 0.3) is 44.8 Å². The van der Waals surface area contributed by atoms with E-state index in [1.165, 1.54) is 12.1 Å². The van der Waals surface area contributed by atoms with Gasteiger partial charge in [-0.3, -0.25) is 0 Å². The Hall–Kier alpha value is -6.04. The summed E-state index contributed by atoms with van der Waals surface area (Å²) < 4.78 is 21.0. The van der Waals surface area contributed by atoms with E-state index in [9.17, 15) is 9.59 Å². The summed E-state index contributed by atoms with van der Waals surface area (Å²) in [4.78, 5) is 37.2. The minimum absolute atomic E-state index is 0.218. The van der Waals surface area contributed by atoms with E-state index in [-0.39, 0.29) is 11.1 Å². The number of carbonyl (C=O) groups is 2. The lowest BCUT2D eigenvalue weighted by atomic mass is 10.2. The number of nitrogens with one attached hydrogen (secondary N) is 2. The van der Waals surface area contributed by atoms with Crippen LogP contribution in [-0.2, 0) is 0 Å². The molecule has 6 rings (SSSR count). The average molecular weight is 597 g/mol. The number of aromatic carboxylic acids is 2. The zero-order valence-corrected chi connectivity index (χ0v) is 24.2. The number of imidazole rings is 2. The molecule has 0 amide bonds. The first-order valence-corrected chi connectivity index (χ1v) is 13.2. The summed E-state index contributed by atoms with van der Waals surface area (Å²) in [7, 11) is 6.29. The molecule has 0 radical (unpaired) electrons. The Kier molecular flexibility index (Phi) is 8.33. The monoisotopic (exact) mass is 596 g/mol. The van der Waals surface area contributed by atoms with Gasteiger partial charge in [0.15, 0.2) is 23.0 Å². The Morgan fingerprint density at radius 3 is 1.27 bits per heavy atom. The van der Waals surface area contributed by atoms with Gasteiger partial charge in [0.25, 0.3) is 0 Å². The molecule has 2 aromatic heterocycles. The van der Waals surface area contributed by atoms with Gasteiger partial charge in [-0.1, -0.05) is 0 Å². The van der Waals surface area contributed by atoms with Gasteiger partial charge in [0, 0.05) is 11.1 Å². The van der Waals surface area contributed by atoms with Crippen LogP contribution in [-0.4, -0.2) is 70.5 Å². The third-order valence-corrected chi connectivity index (χ3v) is 6.77. The molecule has 0 aliphatic carbocycles. The lowest BCUT2D eigenvalue weighted by Crippen LogP contribution is -1.94. The Morgan fingerprint density at radius 1 is 0.545 bits per heavy atom. The van der Waals surface area contributed by atoms with Gasteiger partial charge >= 0.3 is 11.9 Å². The number of ether oxygens (including phenoxy) is 4. The SMILES string of the molecule is COc1ccc(-c2nc3ccc(C(=O)O)cc3[nH]2)cc1OC.COc1ccc(-c2nc3ccc(C(=O)O)cc3[nH]2)cc1OC. The maximum Gasteiger partial charge on any atom is 0.335 e. The number of hydrogen-bond donors (Lipinski definition) is 4. The lowest BCUT2D eigenvalue weighted by Gasteiger charge is -2.08. The second-order valence-electron chi connectivity index (χ2n) is 9.38. The molecule has 12 nitrogen and oxygen atoms in total. The summed E-state index contributed by atoms with van der Waals surface area (Å²) >= 11 is 0. The normalized spacial score (nSPS) is 10.6. The molecule has 0 saturated heterocycles. The average Bonchev–Trinajstić information content (AvgIpc) is 3.68. The quantitative estimate of drug-likeness (QED) is 0.166. The van der Waals surface area contributed by atoms with Crippen LogP contribution in [0.15, 0.2) is 72.8 Å². The van der Waals surface area contributed by atoms with Crippen LogP contribution in [0, 0.1) is 0 Å². The van der Waals surface area contributed by atoms with Gasteiger partial charge in [-0.05, 0) is 72.8 Å². The molecule has 224 valence electrons. The number of rotatable bonds is 8. The van der Waals surface area contributed by atoms with Crippen molar-refractivity contribution in [2.75, 3.05) is 28.4 Å².